The van der Waals surface area contributed by atoms with Gasteiger partial charge in [0.25, 0.3) is 0 Å². The lowest BCUT2D eigenvalue weighted by atomic mass is 10.1. The van der Waals surface area contributed by atoms with E-state index >= 15 is 0 Å². The largest absolute Gasteiger partial charge is 0.492 e. The van der Waals surface area contributed by atoms with Crippen LogP contribution < -0.4 is 10.1 Å². The van der Waals surface area contributed by atoms with Crippen LogP contribution in [-0.4, -0.2) is 39.3 Å². The van der Waals surface area contributed by atoms with Gasteiger partial charge in [0.15, 0.2) is 0 Å². The number of sulfonamides is 1. The third kappa shape index (κ3) is 5.35. The van der Waals surface area contributed by atoms with Gasteiger partial charge in [0.2, 0.25) is 15.9 Å². The summed E-state index contributed by atoms with van der Waals surface area (Å²) in [6, 6.07) is 9.36. The third-order valence-electron chi connectivity index (χ3n) is 3.65. The zero-order chi connectivity index (χ0) is 20.2. The molecule has 0 fully saturated rings. The maximum atomic E-state index is 12.5. The molecule has 146 valence electrons. The molecule has 0 radical (unpaired) electrons. The number of rotatable bonds is 7. The van der Waals surface area contributed by atoms with Gasteiger partial charge >= 0.3 is 0 Å². The highest BCUT2D eigenvalue weighted by molar-refractivity contribution is 7.89. The Morgan fingerprint density at radius 2 is 1.85 bits per heavy atom. The molecule has 0 atom stereocenters. The van der Waals surface area contributed by atoms with Crippen LogP contribution in [0.1, 0.15) is 12.5 Å². The Morgan fingerprint density at radius 1 is 1.15 bits per heavy atom. The first-order valence-electron chi connectivity index (χ1n) is 8.08. The Balaban J connectivity index is 2.27. The molecule has 2 rings (SSSR count). The first-order chi connectivity index (χ1) is 12.6. The zero-order valence-corrected chi connectivity index (χ0v) is 17.5. The molecular formula is C18H20Cl2N2O4S. The van der Waals surface area contributed by atoms with Crippen LogP contribution in [0.4, 0.5) is 5.69 Å². The molecule has 0 saturated carbocycles. The van der Waals surface area contributed by atoms with Crippen LogP contribution in [0.2, 0.25) is 10.0 Å². The second kappa shape index (κ2) is 8.93. The molecule has 27 heavy (non-hydrogen) atoms. The van der Waals surface area contributed by atoms with Crippen molar-refractivity contribution in [3.8, 4) is 5.75 Å². The number of amides is 1. The number of ether oxygens (including phenoxy) is 1. The Labute approximate surface area is 169 Å². The Bertz CT molecular complexity index is 946. The van der Waals surface area contributed by atoms with Gasteiger partial charge in [-0.15, -0.1) is 0 Å². The number of halogens is 2. The van der Waals surface area contributed by atoms with Gasteiger partial charge in [0.05, 0.1) is 13.0 Å². The van der Waals surface area contributed by atoms with Gasteiger partial charge in [-0.05, 0) is 42.8 Å². The molecule has 6 nitrogen and oxygen atoms in total. The summed E-state index contributed by atoms with van der Waals surface area (Å²) >= 11 is 11.9. The van der Waals surface area contributed by atoms with E-state index in [1.165, 1.54) is 26.2 Å². The number of hydrogen-bond acceptors (Lipinski definition) is 4. The van der Waals surface area contributed by atoms with Gasteiger partial charge in [0, 0.05) is 29.8 Å². The van der Waals surface area contributed by atoms with E-state index in [-0.39, 0.29) is 23.0 Å². The van der Waals surface area contributed by atoms with Crippen LogP contribution in [0.25, 0.3) is 0 Å². The normalized spacial score (nSPS) is 11.5. The van der Waals surface area contributed by atoms with E-state index in [1.54, 1.807) is 31.2 Å². The number of benzene rings is 2. The molecule has 0 spiro atoms. The maximum Gasteiger partial charge on any atom is 0.246 e. The fourth-order valence-corrected chi connectivity index (χ4v) is 3.83. The second-order valence-electron chi connectivity index (χ2n) is 5.84. The SMILES string of the molecule is CCOc1ccc(NC(=O)Cc2ccc(Cl)cc2Cl)cc1S(=O)(=O)N(C)C. The van der Waals surface area contributed by atoms with Crippen molar-refractivity contribution in [2.75, 3.05) is 26.0 Å². The van der Waals surface area contributed by atoms with Crippen molar-refractivity contribution in [3.63, 3.8) is 0 Å². The summed E-state index contributed by atoms with van der Waals surface area (Å²) in [5.41, 5.74) is 0.958. The van der Waals surface area contributed by atoms with Crippen molar-refractivity contribution in [1.82, 2.24) is 4.31 Å². The zero-order valence-electron chi connectivity index (χ0n) is 15.1. The summed E-state index contributed by atoms with van der Waals surface area (Å²) in [5.74, 6) is -0.110. The van der Waals surface area contributed by atoms with Crippen molar-refractivity contribution >= 4 is 44.8 Å². The maximum absolute atomic E-state index is 12.5. The first-order valence-corrected chi connectivity index (χ1v) is 10.3. The van der Waals surface area contributed by atoms with Crippen molar-refractivity contribution in [3.05, 3.63) is 52.0 Å². The molecule has 2 aromatic rings. The second-order valence-corrected chi connectivity index (χ2v) is 8.81. The van der Waals surface area contributed by atoms with Crippen LogP contribution >= 0.6 is 23.2 Å². The van der Waals surface area contributed by atoms with Crippen LogP contribution in [0, 0.1) is 0 Å². The quantitative estimate of drug-likeness (QED) is 0.723. The Morgan fingerprint density at radius 3 is 2.44 bits per heavy atom. The highest BCUT2D eigenvalue weighted by atomic mass is 35.5. The molecule has 0 heterocycles. The van der Waals surface area contributed by atoms with Crippen LogP contribution in [0.5, 0.6) is 5.75 Å². The van der Waals surface area contributed by atoms with E-state index in [1.807, 2.05) is 0 Å². The summed E-state index contributed by atoms with van der Waals surface area (Å²) in [7, 11) is -0.878. The highest BCUT2D eigenvalue weighted by Crippen LogP contribution is 2.29. The number of anilines is 1. The molecular weight excluding hydrogens is 411 g/mol. The molecule has 0 aromatic heterocycles. The molecule has 0 unspecified atom stereocenters. The average Bonchev–Trinajstić information content (AvgIpc) is 2.58. The van der Waals surface area contributed by atoms with E-state index in [0.717, 1.165) is 4.31 Å². The van der Waals surface area contributed by atoms with E-state index in [0.29, 0.717) is 27.9 Å². The van der Waals surface area contributed by atoms with Crippen LogP contribution in [-0.2, 0) is 21.2 Å². The topological polar surface area (TPSA) is 75.7 Å². The molecule has 1 N–H and O–H groups in total. The fraction of sp³-hybridized carbons (Fsp3) is 0.278. The van der Waals surface area contributed by atoms with Crippen molar-refractivity contribution in [2.24, 2.45) is 0 Å². The van der Waals surface area contributed by atoms with Gasteiger partial charge in [-0.3, -0.25) is 4.79 Å². The van der Waals surface area contributed by atoms with Gasteiger partial charge in [-0.25, -0.2) is 12.7 Å². The number of nitrogens with zero attached hydrogens (tertiary/aromatic N) is 1. The van der Waals surface area contributed by atoms with Crippen molar-refractivity contribution in [1.29, 1.82) is 0 Å². The minimum absolute atomic E-state index is 0.0170. The van der Waals surface area contributed by atoms with E-state index in [2.05, 4.69) is 5.32 Å². The lowest BCUT2D eigenvalue weighted by Crippen LogP contribution is -2.23. The van der Waals surface area contributed by atoms with Crippen LogP contribution in [0.15, 0.2) is 41.3 Å². The van der Waals surface area contributed by atoms with E-state index in [4.69, 9.17) is 27.9 Å². The van der Waals surface area contributed by atoms with Crippen molar-refractivity contribution in [2.45, 2.75) is 18.2 Å². The highest BCUT2D eigenvalue weighted by Gasteiger charge is 2.23. The summed E-state index contributed by atoms with van der Waals surface area (Å²) in [6.45, 7) is 2.08. The monoisotopic (exact) mass is 430 g/mol. The average molecular weight is 431 g/mol. The number of carbonyl (C=O) groups excluding carboxylic acids is 1. The molecule has 2 aromatic carbocycles. The predicted molar refractivity (Wildman–Crippen MR) is 107 cm³/mol. The predicted octanol–water partition coefficient (Wildman–Crippen LogP) is 3.82. The minimum atomic E-state index is -3.74. The summed E-state index contributed by atoms with van der Waals surface area (Å²) in [5, 5.41) is 3.55. The molecule has 0 bridgehead atoms. The third-order valence-corrected chi connectivity index (χ3v) is 6.08. The Hall–Kier alpha value is -1.80. The summed E-state index contributed by atoms with van der Waals surface area (Å²) < 4.78 is 31.6. The summed E-state index contributed by atoms with van der Waals surface area (Å²) in [6.07, 6.45) is 0.0268. The van der Waals surface area contributed by atoms with Gasteiger partial charge in [0.1, 0.15) is 10.6 Å². The van der Waals surface area contributed by atoms with Crippen LogP contribution in [0.3, 0.4) is 0 Å². The van der Waals surface area contributed by atoms with Crippen molar-refractivity contribution < 1.29 is 17.9 Å². The molecule has 0 aliphatic rings. The summed E-state index contributed by atoms with van der Waals surface area (Å²) in [4.78, 5) is 12.3. The number of hydrogen-bond donors (Lipinski definition) is 1. The Kier molecular flexibility index (Phi) is 7.11. The van der Waals surface area contributed by atoms with E-state index < -0.39 is 10.0 Å². The minimum Gasteiger partial charge on any atom is -0.492 e. The molecule has 0 aliphatic carbocycles. The first kappa shape index (κ1) is 21.5. The smallest absolute Gasteiger partial charge is 0.246 e. The number of nitrogens with one attached hydrogen (secondary N) is 1. The van der Waals surface area contributed by atoms with Gasteiger partial charge in [-0.1, -0.05) is 29.3 Å². The fourth-order valence-electron chi connectivity index (χ4n) is 2.30. The molecule has 9 heteroatoms. The molecule has 0 aliphatic heterocycles. The van der Waals surface area contributed by atoms with E-state index in [9.17, 15) is 13.2 Å². The molecule has 0 saturated heterocycles. The van der Waals surface area contributed by atoms with Gasteiger partial charge < -0.3 is 10.1 Å². The lowest BCUT2D eigenvalue weighted by molar-refractivity contribution is -0.115. The molecule has 1 amide bonds. The number of carbonyl (C=O) groups is 1. The lowest BCUT2D eigenvalue weighted by Gasteiger charge is -2.16. The standard InChI is InChI=1S/C18H20Cl2N2O4S/c1-4-26-16-8-7-14(11-17(16)27(24,25)22(2)3)21-18(23)9-12-5-6-13(19)10-15(12)20/h5-8,10-11H,4,9H2,1-3H3,(H,21,23). The van der Waals surface area contributed by atoms with Gasteiger partial charge in [-0.2, -0.15) is 0 Å².